The van der Waals surface area contributed by atoms with E-state index in [1.54, 1.807) is 0 Å². The average Bonchev–Trinajstić information content (AvgIpc) is 3.66. The van der Waals surface area contributed by atoms with Gasteiger partial charge in [-0.05, 0) is 56.6 Å². The van der Waals surface area contributed by atoms with E-state index in [1.165, 1.54) is 53.6 Å². The number of aromatic nitrogens is 3. The summed E-state index contributed by atoms with van der Waals surface area (Å²) in [7, 11) is 0. The molecule has 10 rings (SSSR count). The Morgan fingerprint density at radius 2 is 0.655 bits per heavy atom. The van der Waals surface area contributed by atoms with Crippen molar-refractivity contribution in [3.05, 3.63) is 200 Å². The van der Waals surface area contributed by atoms with Crippen molar-refractivity contribution >= 4 is 31.5 Å². The van der Waals surface area contributed by atoms with Crippen molar-refractivity contribution in [2.45, 2.75) is 0 Å². The van der Waals surface area contributed by atoms with Crippen LogP contribution in [-0.2, 0) is 0 Å². The molecule has 0 N–H and O–H groups in total. The van der Waals surface area contributed by atoms with Gasteiger partial charge in [0, 0.05) is 36.9 Å². The molecule has 4 heteroatoms. The van der Waals surface area contributed by atoms with Gasteiger partial charge >= 0.3 is 0 Å². The molecule has 8 aromatic carbocycles. The van der Waals surface area contributed by atoms with Crippen LogP contribution in [0.4, 0.5) is 0 Å². The Balaban J connectivity index is 0.966. The van der Waals surface area contributed by atoms with Crippen LogP contribution in [0.5, 0.6) is 0 Å². The van der Waals surface area contributed by atoms with E-state index in [0.717, 1.165) is 27.8 Å². The van der Waals surface area contributed by atoms with Crippen LogP contribution in [0.15, 0.2) is 200 Å². The highest BCUT2D eigenvalue weighted by Gasteiger charge is 2.15. The van der Waals surface area contributed by atoms with Crippen LogP contribution in [-0.4, -0.2) is 15.0 Å². The minimum absolute atomic E-state index is 0.641. The van der Waals surface area contributed by atoms with Crippen molar-refractivity contribution in [1.29, 1.82) is 0 Å². The molecule has 0 unspecified atom stereocenters. The molecule has 0 amide bonds. The standard InChI is InChI=1S/C51H33N3S/c1-3-11-34(12-4-1)35-21-23-36(24-22-35)42-15-9-16-43(33-42)37-25-29-40(30-26-37)50-52-49(39-13-5-2-6-14-39)53-51(54-50)41-31-27-38(28-32-41)44-18-10-19-46-45-17-7-8-20-47(45)55-48(44)46/h1-33H. The number of fused-ring (bicyclic) bond motifs is 3. The first-order valence-electron chi connectivity index (χ1n) is 18.4. The Morgan fingerprint density at radius 1 is 0.273 bits per heavy atom. The summed E-state index contributed by atoms with van der Waals surface area (Å²) in [5, 5.41) is 2.60. The Morgan fingerprint density at radius 3 is 1.24 bits per heavy atom. The van der Waals surface area contributed by atoms with E-state index in [9.17, 15) is 0 Å². The van der Waals surface area contributed by atoms with Crippen LogP contribution in [0.2, 0.25) is 0 Å². The molecule has 0 fully saturated rings. The maximum atomic E-state index is 5.05. The first-order chi connectivity index (χ1) is 27.2. The van der Waals surface area contributed by atoms with Crippen molar-refractivity contribution in [1.82, 2.24) is 15.0 Å². The van der Waals surface area contributed by atoms with Crippen molar-refractivity contribution < 1.29 is 0 Å². The van der Waals surface area contributed by atoms with Crippen molar-refractivity contribution in [3.8, 4) is 78.7 Å². The fourth-order valence-electron chi connectivity index (χ4n) is 7.30. The van der Waals surface area contributed by atoms with Gasteiger partial charge in [-0.2, -0.15) is 0 Å². The number of nitrogens with zero attached hydrogens (tertiary/aromatic N) is 3. The van der Waals surface area contributed by atoms with E-state index in [4.69, 9.17) is 15.0 Å². The highest BCUT2D eigenvalue weighted by Crippen LogP contribution is 2.40. The van der Waals surface area contributed by atoms with E-state index >= 15 is 0 Å². The van der Waals surface area contributed by atoms with Crippen LogP contribution in [0, 0.1) is 0 Å². The predicted octanol–water partition coefficient (Wildman–Crippen LogP) is 13.9. The third-order valence-electron chi connectivity index (χ3n) is 10.2. The fourth-order valence-corrected chi connectivity index (χ4v) is 8.54. The zero-order valence-electron chi connectivity index (χ0n) is 29.8. The number of thiophene rings is 1. The molecule has 0 saturated heterocycles. The molecule has 0 saturated carbocycles. The summed E-state index contributed by atoms with van der Waals surface area (Å²) in [6, 6.07) is 70.5. The van der Waals surface area contributed by atoms with Gasteiger partial charge in [0.25, 0.3) is 0 Å². The summed E-state index contributed by atoms with van der Waals surface area (Å²) >= 11 is 1.85. The second-order valence-electron chi connectivity index (χ2n) is 13.6. The van der Waals surface area contributed by atoms with Gasteiger partial charge in [0.05, 0.1) is 0 Å². The fraction of sp³-hybridized carbons (Fsp3) is 0. The van der Waals surface area contributed by atoms with E-state index in [-0.39, 0.29) is 0 Å². The molecule has 0 atom stereocenters. The van der Waals surface area contributed by atoms with E-state index < -0.39 is 0 Å². The molecular weight excluding hydrogens is 687 g/mol. The SMILES string of the molecule is c1ccc(-c2ccc(-c3cccc(-c4ccc(-c5nc(-c6ccccc6)nc(-c6ccc(-c7cccc8c7sc7ccccc78)cc6)n5)cc4)c3)cc2)cc1. The molecule has 55 heavy (non-hydrogen) atoms. The van der Waals surface area contributed by atoms with Crippen LogP contribution in [0.3, 0.4) is 0 Å². The summed E-state index contributed by atoms with van der Waals surface area (Å²) in [6.07, 6.45) is 0. The lowest BCUT2D eigenvalue weighted by Crippen LogP contribution is -2.00. The minimum atomic E-state index is 0.641. The third-order valence-corrected chi connectivity index (χ3v) is 11.4. The Kier molecular flexibility index (Phi) is 8.36. The molecule has 2 aromatic heterocycles. The lowest BCUT2D eigenvalue weighted by Gasteiger charge is -2.10. The molecule has 0 aliphatic heterocycles. The molecule has 0 bridgehead atoms. The van der Waals surface area contributed by atoms with Crippen LogP contribution in [0.1, 0.15) is 0 Å². The quantitative estimate of drug-likeness (QED) is 0.165. The van der Waals surface area contributed by atoms with Gasteiger partial charge in [0.2, 0.25) is 0 Å². The van der Waals surface area contributed by atoms with Crippen molar-refractivity contribution in [2.24, 2.45) is 0 Å². The summed E-state index contributed by atoms with van der Waals surface area (Å²) in [5.41, 5.74) is 12.3. The lowest BCUT2D eigenvalue weighted by atomic mass is 9.97. The Labute approximate surface area is 323 Å². The predicted molar refractivity (Wildman–Crippen MR) is 231 cm³/mol. The first kappa shape index (κ1) is 32.6. The first-order valence-corrected chi connectivity index (χ1v) is 19.2. The van der Waals surface area contributed by atoms with Gasteiger partial charge in [-0.25, -0.2) is 15.0 Å². The molecule has 0 aliphatic carbocycles. The van der Waals surface area contributed by atoms with Gasteiger partial charge in [-0.15, -0.1) is 11.3 Å². The van der Waals surface area contributed by atoms with Crippen LogP contribution in [0.25, 0.3) is 98.8 Å². The van der Waals surface area contributed by atoms with Crippen molar-refractivity contribution in [2.75, 3.05) is 0 Å². The number of hydrogen-bond acceptors (Lipinski definition) is 4. The van der Waals surface area contributed by atoms with E-state index in [1.807, 2.05) is 47.7 Å². The number of rotatable bonds is 7. The molecule has 10 aromatic rings. The third kappa shape index (κ3) is 6.39. The second-order valence-corrected chi connectivity index (χ2v) is 14.7. The molecule has 0 aliphatic rings. The molecule has 2 heterocycles. The van der Waals surface area contributed by atoms with E-state index in [0.29, 0.717) is 17.5 Å². The minimum Gasteiger partial charge on any atom is -0.208 e. The second kappa shape index (κ2) is 14.1. The maximum Gasteiger partial charge on any atom is 0.164 e. The van der Waals surface area contributed by atoms with Gasteiger partial charge in [0.1, 0.15) is 0 Å². The average molecular weight is 720 g/mol. The summed E-state index contributed by atoms with van der Waals surface area (Å²) < 4.78 is 2.61. The van der Waals surface area contributed by atoms with Crippen molar-refractivity contribution in [3.63, 3.8) is 0 Å². The number of hydrogen-bond donors (Lipinski definition) is 0. The van der Waals surface area contributed by atoms with Gasteiger partial charge < -0.3 is 0 Å². The zero-order chi connectivity index (χ0) is 36.6. The molecule has 0 spiro atoms. The van der Waals surface area contributed by atoms with Crippen LogP contribution >= 0.6 is 11.3 Å². The smallest absolute Gasteiger partial charge is 0.164 e. The monoisotopic (exact) mass is 719 g/mol. The van der Waals surface area contributed by atoms with Gasteiger partial charge in [0.15, 0.2) is 17.5 Å². The van der Waals surface area contributed by atoms with E-state index in [2.05, 4.69) is 164 Å². The molecule has 0 radical (unpaired) electrons. The lowest BCUT2D eigenvalue weighted by molar-refractivity contribution is 1.07. The zero-order valence-corrected chi connectivity index (χ0v) is 30.6. The van der Waals surface area contributed by atoms with Gasteiger partial charge in [-0.3, -0.25) is 0 Å². The molecule has 3 nitrogen and oxygen atoms in total. The molecule has 258 valence electrons. The highest BCUT2D eigenvalue weighted by atomic mass is 32.1. The summed E-state index contributed by atoms with van der Waals surface area (Å²) in [4.78, 5) is 15.0. The highest BCUT2D eigenvalue weighted by molar-refractivity contribution is 7.26. The summed E-state index contributed by atoms with van der Waals surface area (Å²) in [6.45, 7) is 0. The summed E-state index contributed by atoms with van der Waals surface area (Å²) in [5.74, 6) is 1.93. The largest absolute Gasteiger partial charge is 0.208 e. The topological polar surface area (TPSA) is 38.7 Å². The Bertz CT molecular complexity index is 2930. The number of benzene rings is 8. The van der Waals surface area contributed by atoms with Crippen LogP contribution < -0.4 is 0 Å². The molecular formula is C51H33N3S. The maximum absolute atomic E-state index is 5.05. The van der Waals surface area contributed by atoms with Gasteiger partial charge in [-0.1, -0.05) is 188 Å². The Hall–Kier alpha value is -7.01. The normalized spacial score (nSPS) is 11.3.